The van der Waals surface area contributed by atoms with Gasteiger partial charge in [-0.15, -0.1) is 0 Å². The molecule has 0 aliphatic rings. The topological polar surface area (TPSA) is 94.0 Å². The van der Waals surface area contributed by atoms with Gasteiger partial charge in [-0.2, -0.15) is 5.10 Å². The zero-order chi connectivity index (χ0) is 14.2. The van der Waals surface area contributed by atoms with Crippen LogP contribution >= 0.6 is 0 Å². The third kappa shape index (κ3) is 4.11. The van der Waals surface area contributed by atoms with Gasteiger partial charge in [0.05, 0.1) is 25.0 Å². The van der Waals surface area contributed by atoms with Crippen LogP contribution in [0.3, 0.4) is 0 Å². The third-order valence-electron chi connectivity index (χ3n) is 2.45. The minimum Gasteiger partial charge on any atom is -0.383 e. The molecule has 8 heteroatoms. The molecule has 0 unspecified atom stereocenters. The fourth-order valence-corrected chi connectivity index (χ4v) is 1.50. The Labute approximate surface area is 116 Å². The molecular formula is C12H16N6O2. The van der Waals surface area contributed by atoms with Crippen LogP contribution in [0.5, 0.6) is 0 Å². The number of nitrogens with one attached hydrogen (secondary N) is 2. The van der Waals surface area contributed by atoms with Crippen molar-refractivity contribution < 1.29 is 9.53 Å². The Balaban J connectivity index is 1.83. The molecular weight excluding hydrogens is 260 g/mol. The fraction of sp³-hybridized carbons (Fsp3) is 0.333. The lowest BCUT2D eigenvalue weighted by molar-refractivity contribution is -0.115. The molecule has 0 saturated heterocycles. The minimum atomic E-state index is -0.128. The summed E-state index contributed by atoms with van der Waals surface area (Å²) in [6.07, 6.45) is 4.56. The molecule has 0 aliphatic carbocycles. The van der Waals surface area contributed by atoms with Gasteiger partial charge in [0.15, 0.2) is 5.82 Å². The molecule has 2 rings (SSSR count). The van der Waals surface area contributed by atoms with E-state index in [1.165, 1.54) is 11.0 Å². The Morgan fingerprint density at radius 2 is 2.35 bits per heavy atom. The van der Waals surface area contributed by atoms with Gasteiger partial charge in [-0.3, -0.25) is 4.79 Å². The highest BCUT2D eigenvalue weighted by Crippen LogP contribution is 2.08. The number of hydrogen-bond acceptors (Lipinski definition) is 6. The fourth-order valence-electron chi connectivity index (χ4n) is 1.50. The zero-order valence-electron chi connectivity index (χ0n) is 11.1. The summed E-state index contributed by atoms with van der Waals surface area (Å²) in [6.45, 7) is 1.43. The Bertz CT molecular complexity index is 525. The quantitative estimate of drug-likeness (QED) is 0.682. The molecule has 0 atom stereocenters. The highest BCUT2D eigenvalue weighted by molar-refractivity contribution is 5.92. The first-order valence-corrected chi connectivity index (χ1v) is 6.10. The van der Waals surface area contributed by atoms with Crippen molar-refractivity contribution in [1.82, 2.24) is 25.1 Å². The van der Waals surface area contributed by atoms with Crippen LogP contribution in [-0.4, -0.2) is 52.5 Å². The predicted molar refractivity (Wildman–Crippen MR) is 72.5 cm³/mol. The van der Waals surface area contributed by atoms with Crippen molar-refractivity contribution in [3.63, 3.8) is 0 Å². The van der Waals surface area contributed by atoms with Crippen LogP contribution in [0.1, 0.15) is 0 Å². The van der Waals surface area contributed by atoms with Crippen molar-refractivity contribution in [3.05, 3.63) is 31.0 Å². The van der Waals surface area contributed by atoms with E-state index in [1.54, 1.807) is 31.8 Å². The van der Waals surface area contributed by atoms with Gasteiger partial charge in [-0.25, -0.2) is 14.6 Å². The van der Waals surface area contributed by atoms with E-state index in [2.05, 4.69) is 25.7 Å². The molecule has 106 valence electrons. The molecule has 2 N–H and O–H groups in total. The van der Waals surface area contributed by atoms with Gasteiger partial charge >= 0.3 is 0 Å². The molecule has 0 aliphatic heterocycles. The summed E-state index contributed by atoms with van der Waals surface area (Å²) >= 11 is 0. The molecule has 2 aromatic heterocycles. The maximum absolute atomic E-state index is 11.6. The van der Waals surface area contributed by atoms with E-state index >= 15 is 0 Å². The van der Waals surface area contributed by atoms with E-state index in [0.717, 1.165) is 0 Å². The average molecular weight is 276 g/mol. The van der Waals surface area contributed by atoms with Gasteiger partial charge in [-0.1, -0.05) is 0 Å². The van der Waals surface area contributed by atoms with Crippen LogP contribution in [0.2, 0.25) is 0 Å². The van der Waals surface area contributed by atoms with Gasteiger partial charge in [0.2, 0.25) is 5.91 Å². The smallest absolute Gasteiger partial charge is 0.238 e. The van der Waals surface area contributed by atoms with Crippen LogP contribution in [0, 0.1) is 0 Å². The summed E-state index contributed by atoms with van der Waals surface area (Å²) in [4.78, 5) is 19.7. The molecule has 0 fully saturated rings. The van der Waals surface area contributed by atoms with E-state index < -0.39 is 0 Å². The van der Waals surface area contributed by atoms with Crippen LogP contribution in [-0.2, 0) is 9.53 Å². The molecule has 0 aromatic carbocycles. The highest BCUT2D eigenvalue weighted by Gasteiger charge is 2.03. The molecule has 2 heterocycles. The van der Waals surface area contributed by atoms with E-state index in [4.69, 9.17) is 4.74 Å². The van der Waals surface area contributed by atoms with Crippen molar-refractivity contribution in [1.29, 1.82) is 0 Å². The molecule has 0 radical (unpaired) electrons. The average Bonchev–Trinajstić information content (AvgIpc) is 2.99. The molecule has 0 spiro atoms. The first-order chi connectivity index (χ1) is 9.79. The maximum Gasteiger partial charge on any atom is 0.238 e. The number of aromatic nitrogens is 4. The van der Waals surface area contributed by atoms with Crippen molar-refractivity contribution >= 4 is 11.6 Å². The summed E-state index contributed by atoms with van der Waals surface area (Å²) in [5.41, 5.74) is 0.632. The number of rotatable bonds is 7. The monoisotopic (exact) mass is 276 g/mol. The van der Waals surface area contributed by atoms with E-state index in [9.17, 15) is 4.79 Å². The minimum absolute atomic E-state index is 0.128. The molecule has 0 bridgehead atoms. The number of amides is 1. The molecule has 20 heavy (non-hydrogen) atoms. The van der Waals surface area contributed by atoms with Crippen LogP contribution in [0.4, 0.5) is 5.69 Å². The zero-order valence-corrected chi connectivity index (χ0v) is 11.1. The van der Waals surface area contributed by atoms with Gasteiger partial charge in [0.1, 0.15) is 12.7 Å². The van der Waals surface area contributed by atoms with Gasteiger partial charge in [0, 0.05) is 13.7 Å². The SMILES string of the molecule is COCCNCC(=O)Nc1ccc(-n2cncn2)nc1. The largest absolute Gasteiger partial charge is 0.383 e. The summed E-state index contributed by atoms with van der Waals surface area (Å²) in [7, 11) is 1.62. The highest BCUT2D eigenvalue weighted by atomic mass is 16.5. The second-order valence-electron chi connectivity index (χ2n) is 3.96. The maximum atomic E-state index is 11.6. The molecule has 2 aromatic rings. The van der Waals surface area contributed by atoms with Gasteiger partial charge in [0.25, 0.3) is 0 Å². The number of ether oxygens (including phenoxy) is 1. The first-order valence-electron chi connectivity index (χ1n) is 6.10. The normalized spacial score (nSPS) is 10.4. The molecule has 8 nitrogen and oxygen atoms in total. The number of carbonyl (C=O) groups excluding carboxylic acids is 1. The Hall–Kier alpha value is -2.32. The summed E-state index contributed by atoms with van der Waals surface area (Å²) in [5.74, 6) is 0.509. The van der Waals surface area contributed by atoms with Crippen LogP contribution in [0.15, 0.2) is 31.0 Å². The summed E-state index contributed by atoms with van der Waals surface area (Å²) < 4.78 is 6.41. The van der Waals surface area contributed by atoms with Crippen molar-refractivity contribution in [3.8, 4) is 5.82 Å². The van der Waals surface area contributed by atoms with Gasteiger partial charge < -0.3 is 15.4 Å². The third-order valence-corrected chi connectivity index (χ3v) is 2.45. The van der Waals surface area contributed by atoms with E-state index in [1.807, 2.05) is 0 Å². The predicted octanol–water partition coefficient (Wildman–Crippen LogP) is -0.163. The number of hydrogen-bond donors (Lipinski definition) is 2. The number of nitrogens with zero attached hydrogens (tertiary/aromatic N) is 4. The lowest BCUT2D eigenvalue weighted by Crippen LogP contribution is -2.30. The molecule has 0 saturated carbocycles. The standard InChI is InChI=1S/C12H16N6O2/c1-20-5-4-13-7-12(19)17-10-2-3-11(15-6-10)18-9-14-8-16-18/h2-3,6,8-9,13H,4-5,7H2,1H3,(H,17,19). The van der Waals surface area contributed by atoms with Gasteiger partial charge in [-0.05, 0) is 12.1 Å². The molecule has 1 amide bonds. The second kappa shape index (κ2) is 7.31. The summed E-state index contributed by atoms with van der Waals surface area (Å²) in [6, 6.07) is 3.51. The Morgan fingerprint density at radius 1 is 1.45 bits per heavy atom. The van der Waals surface area contributed by atoms with Crippen molar-refractivity contribution in [2.45, 2.75) is 0 Å². The van der Waals surface area contributed by atoms with E-state index in [0.29, 0.717) is 24.7 Å². The summed E-state index contributed by atoms with van der Waals surface area (Å²) in [5, 5.41) is 9.67. The lowest BCUT2D eigenvalue weighted by atomic mass is 10.4. The van der Waals surface area contributed by atoms with E-state index in [-0.39, 0.29) is 12.5 Å². The second-order valence-corrected chi connectivity index (χ2v) is 3.96. The Morgan fingerprint density at radius 3 is 3.00 bits per heavy atom. The lowest BCUT2D eigenvalue weighted by Gasteiger charge is -2.06. The van der Waals surface area contributed by atoms with Crippen LogP contribution < -0.4 is 10.6 Å². The van der Waals surface area contributed by atoms with Crippen molar-refractivity contribution in [2.24, 2.45) is 0 Å². The van der Waals surface area contributed by atoms with Crippen molar-refractivity contribution in [2.75, 3.05) is 32.1 Å². The first kappa shape index (κ1) is 14.1. The Kier molecular flexibility index (Phi) is 5.15. The van der Waals surface area contributed by atoms with Crippen LogP contribution in [0.25, 0.3) is 5.82 Å². The number of carbonyl (C=O) groups is 1. The number of methoxy groups -OCH3 is 1. The number of pyridine rings is 1. The number of anilines is 1.